The smallest absolute Gasteiger partial charge is 0.407 e. The van der Waals surface area contributed by atoms with E-state index in [1.165, 1.54) is 4.90 Å². The predicted octanol–water partition coefficient (Wildman–Crippen LogP) is 2.83. The third-order valence-corrected chi connectivity index (χ3v) is 6.91. The van der Waals surface area contributed by atoms with Crippen LogP contribution in [0.25, 0.3) is 16.7 Å². The van der Waals surface area contributed by atoms with Crippen LogP contribution in [0.3, 0.4) is 0 Å². The van der Waals surface area contributed by atoms with Gasteiger partial charge in [0.1, 0.15) is 11.6 Å². The van der Waals surface area contributed by atoms with Gasteiger partial charge in [-0.3, -0.25) is 0 Å². The fourth-order valence-corrected chi connectivity index (χ4v) is 5.11. The van der Waals surface area contributed by atoms with E-state index < -0.39 is 6.09 Å². The van der Waals surface area contributed by atoms with Crippen LogP contribution in [0, 0.1) is 6.92 Å². The van der Waals surface area contributed by atoms with Crippen LogP contribution >= 0.6 is 11.6 Å². The number of amides is 1. The predicted molar refractivity (Wildman–Crippen MR) is 127 cm³/mol. The normalized spacial score (nSPS) is 19.7. The Morgan fingerprint density at radius 2 is 1.94 bits per heavy atom. The fraction of sp³-hybridized carbons (Fsp3) is 0.478. The first-order chi connectivity index (χ1) is 16.4. The molecule has 2 fully saturated rings. The van der Waals surface area contributed by atoms with E-state index in [0.29, 0.717) is 49.5 Å². The molecular weight excluding hydrogens is 460 g/mol. The van der Waals surface area contributed by atoms with Gasteiger partial charge in [0.15, 0.2) is 5.82 Å². The van der Waals surface area contributed by atoms with Crippen LogP contribution in [0.5, 0.6) is 0 Å². The number of carbonyl (C=O) groups is 1. The number of nitrogens with zero attached hydrogens (tertiary/aromatic N) is 6. The Bertz CT molecular complexity index is 1210. The van der Waals surface area contributed by atoms with E-state index in [9.17, 15) is 15.0 Å². The molecule has 0 bridgehead atoms. The molecule has 2 N–H and O–H groups in total. The number of aliphatic hydroxyl groups excluding tert-OH is 1. The highest BCUT2D eigenvalue weighted by molar-refractivity contribution is 6.32. The van der Waals surface area contributed by atoms with Crippen molar-refractivity contribution in [2.45, 2.75) is 31.8 Å². The Morgan fingerprint density at radius 3 is 2.68 bits per heavy atom. The summed E-state index contributed by atoms with van der Waals surface area (Å²) in [6.07, 6.45) is 2.11. The number of rotatable bonds is 4. The molecule has 4 heterocycles. The lowest BCUT2D eigenvalue weighted by Crippen LogP contribution is -2.44. The van der Waals surface area contributed by atoms with Crippen LogP contribution in [0.2, 0.25) is 5.02 Å². The molecule has 0 radical (unpaired) electrons. The second-order valence-corrected chi connectivity index (χ2v) is 9.19. The van der Waals surface area contributed by atoms with Gasteiger partial charge in [0.2, 0.25) is 0 Å². The number of piperidine rings is 1. The van der Waals surface area contributed by atoms with Gasteiger partial charge in [0.05, 0.1) is 31.0 Å². The van der Waals surface area contributed by atoms with Crippen molar-refractivity contribution >= 4 is 34.4 Å². The monoisotopic (exact) mass is 486 g/mol. The molecule has 0 saturated carbocycles. The van der Waals surface area contributed by atoms with Crippen molar-refractivity contribution < 1.29 is 19.7 Å². The number of benzene rings is 1. The standard InChI is InChI=1S/C23H27ClN6O4/c1-14-26-21(29-6-7-34-17(12-29)13-31)10-22(27-14)30-20-9-18(19(24)8-16(20)11-25-30)15-2-4-28(5-3-15)23(32)33/h8-11,15,17,31H,2-7,12-13H2,1H3,(H,32,33). The molecule has 1 amide bonds. The summed E-state index contributed by atoms with van der Waals surface area (Å²) in [6, 6.07) is 5.88. The van der Waals surface area contributed by atoms with Gasteiger partial charge in [0, 0.05) is 42.7 Å². The summed E-state index contributed by atoms with van der Waals surface area (Å²) in [7, 11) is 0. The number of aryl methyl sites for hydroxylation is 1. The molecule has 10 nitrogen and oxygen atoms in total. The maximum absolute atomic E-state index is 11.3. The van der Waals surface area contributed by atoms with Crippen molar-refractivity contribution in [3.63, 3.8) is 0 Å². The average Bonchev–Trinajstić information content (AvgIpc) is 3.26. The van der Waals surface area contributed by atoms with Gasteiger partial charge in [-0.25, -0.2) is 19.4 Å². The summed E-state index contributed by atoms with van der Waals surface area (Å²) in [4.78, 5) is 24.0. The van der Waals surface area contributed by atoms with Crippen molar-refractivity contribution in [1.29, 1.82) is 0 Å². The number of anilines is 1. The van der Waals surface area contributed by atoms with Gasteiger partial charge < -0.3 is 24.7 Å². The van der Waals surface area contributed by atoms with E-state index in [2.05, 4.69) is 26.0 Å². The van der Waals surface area contributed by atoms with Crippen LogP contribution < -0.4 is 4.90 Å². The van der Waals surface area contributed by atoms with Crippen LogP contribution in [0.1, 0.15) is 30.1 Å². The molecule has 1 atom stereocenters. The second kappa shape index (κ2) is 9.36. The third kappa shape index (κ3) is 4.40. The van der Waals surface area contributed by atoms with Gasteiger partial charge >= 0.3 is 6.09 Å². The zero-order valence-corrected chi connectivity index (χ0v) is 19.6. The maximum atomic E-state index is 11.3. The first-order valence-electron chi connectivity index (χ1n) is 11.4. The highest BCUT2D eigenvalue weighted by atomic mass is 35.5. The summed E-state index contributed by atoms with van der Waals surface area (Å²) in [6.45, 7) is 4.57. The van der Waals surface area contributed by atoms with Gasteiger partial charge in [0.25, 0.3) is 0 Å². The number of hydrogen-bond donors (Lipinski definition) is 2. The molecule has 2 aliphatic heterocycles. The molecule has 1 aromatic carbocycles. The van der Waals surface area contributed by atoms with Crippen molar-refractivity contribution in [1.82, 2.24) is 24.6 Å². The Labute approximate surface area is 201 Å². The van der Waals surface area contributed by atoms with Crippen LogP contribution in [0.15, 0.2) is 24.4 Å². The van der Waals surface area contributed by atoms with Crippen molar-refractivity contribution in [2.24, 2.45) is 0 Å². The highest BCUT2D eigenvalue weighted by Gasteiger charge is 2.26. The molecular formula is C23H27ClN6O4. The van der Waals surface area contributed by atoms with E-state index in [1.807, 2.05) is 19.1 Å². The summed E-state index contributed by atoms with van der Waals surface area (Å²) >= 11 is 6.64. The number of fused-ring (bicyclic) bond motifs is 1. The zero-order chi connectivity index (χ0) is 23.8. The van der Waals surface area contributed by atoms with Gasteiger partial charge in [-0.2, -0.15) is 5.10 Å². The lowest BCUT2D eigenvalue weighted by atomic mass is 9.89. The summed E-state index contributed by atoms with van der Waals surface area (Å²) in [5.74, 6) is 2.22. The molecule has 180 valence electrons. The van der Waals surface area contributed by atoms with Crippen molar-refractivity contribution in [2.75, 3.05) is 44.3 Å². The molecule has 1 unspecified atom stereocenters. The Hall–Kier alpha value is -2.95. The van der Waals surface area contributed by atoms with Crippen LogP contribution in [-0.4, -0.2) is 86.5 Å². The maximum Gasteiger partial charge on any atom is 0.407 e. The lowest BCUT2D eigenvalue weighted by molar-refractivity contribution is 0.00335. The van der Waals surface area contributed by atoms with E-state index in [1.54, 1.807) is 10.9 Å². The third-order valence-electron chi connectivity index (χ3n) is 6.59. The Balaban J connectivity index is 1.48. The molecule has 34 heavy (non-hydrogen) atoms. The number of hydrogen-bond acceptors (Lipinski definition) is 7. The van der Waals surface area contributed by atoms with E-state index >= 15 is 0 Å². The number of halogens is 1. The van der Waals surface area contributed by atoms with E-state index in [4.69, 9.17) is 16.3 Å². The molecule has 11 heteroatoms. The molecule has 5 rings (SSSR count). The number of likely N-dealkylation sites (tertiary alicyclic amines) is 1. The Morgan fingerprint density at radius 1 is 1.18 bits per heavy atom. The van der Waals surface area contributed by atoms with Crippen molar-refractivity contribution in [3.8, 4) is 5.82 Å². The minimum atomic E-state index is -0.876. The lowest BCUT2D eigenvalue weighted by Gasteiger charge is -2.33. The molecule has 0 spiro atoms. The topological polar surface area (TPSA) is 117 Å². The van der Waals surface area contributed by atoms with Crippen LogP contribution in [-0.2, 0) is 4.74 Å². The number of carboxylic acid groups (broad SMARTS) is 1. The Kier molecular flexibility index (Phi) is 6.28. The minimum Gasteiger partial charge on any atom is -0.465 e. The summed E-state index contributed by atoms with van der Waals surface area (Å²) < 4.78 is 7.37. The number of aliphatic hydroxyl groups is 1. The number of ether oxygens (including phenoxy) is 1. The molecule has 3 aromatic rings. The summed E-state index contributed by atoms with van der Waals surface area (Å²) in [5, 5.41) is 24.9. The van der Waals surface area contributed by atoms with Gasteiger partial charge in [-0.1, -0.05) is 11.6 Å². The highest BCUT2D eigenvalue weighted by Crippen LogP contribution is 2.36. The molecule has 2 aliphatic rings. The largest absolute Gasteiger partial charge is 0.465 e. The first-order valence-corrected chi connectivity index (χ1v) is 11.8. The van der Waals surface area contributed by atoms with Crippen molar-refractivity contribution in [3.05, 3.63) is 40.8 Å². The zero-order valence-electron chi connectivity index (χ0n) is 18.9. The number of aromatic nitrogens is 4. The molecule has 2 saturated heterocycles. The van der Waals surface area contributed by atoms with E-state index in [-0.39, 0.29) is 18.6 Å². The van der Waals surface area contributed by atoms with Gasteiger partial charge in [-0.05, 0) is 43.4 Å². The van der Waals surface area contributed by atoms with Crippen LogP contribution in [0.4, 0.5) is 10.6 Å². The van der Waals surface area contributed by atoms with Gasteiger partial charge in [-0.15, -0.1) is 0 Å². The quantitative estimate of drug-likeness (QED) is 0.578. The molecule has 2 aromatic heterocycles. The van der Waals surface area contributed by atoms with E-state index in [0.717, 1.165) is 35.1 Å². The minimum absolute atomic E-state index is 0.0356. The summed E-state index contributed by atoms with van der Waals surface area (Å²) in [5.41, 5.74) is 1.89. The number of morpholine rings is 1. The molecule has 0 aliphatic carbocycles. The second-order valence-electron chi connectivity index (χ2n) is 8.79. The first kappa shape index (κ1) is 22.8. The average molecular weight is 487 g/mol. The fourth-order valence-electron chi connectivity index (χ4n) is 4.78. The SMILES string of the molecule is Cc1nc(N2CCOC(CO)C2)cc(-n2ncc3cc(Cl)c(C4CCN(C(=O)O)CC4)cc32)n1.